The Morgan fingerprint density at radius 1 is 1.00 bits per heavy atom. The van der Waals surface area contributed by atoms with Crippen molar-refractivity contribution in [3.8, 4) is 5.75 Å². The number of hydrogen-bond donors (Lipinski definition) is 2. The van der Waals surface area contributed by atoms with Crippen molar-refractivity contribution in [2.75, 3.05) is 7.11 Å². The lowest BCUT2D eigenvalue weighted by molar-refractivity contribution is 0.0607. The van der Waals surface area contributed by atoms with E-state index in [-0.39, 0.29) is 0 Å². The van der Waals surface area contributed by atoms with E-state index in [2.05, 4.69) is 5.32 Å². The number of amides is 1. The molecule has 1 amide bonds. The number of carbonyl (C=O) groups excluding carboxylic acids is 2. The van der Waals surface area contributed by atoms with Crippen LogP contribution >= 0.6 is 0 Å². The zero-order valence-electron chi connectivity index (χ0n) is 11.4. The van der Waals surface area contributed by atoms with Crippen molar-refractivity contribution < 1.29 is 19.4 Å². The van der Waals surface area contributed by atoms with Gasteiger partial charge in [0, 0.05) is 11.1 Å². The van der Waals surface area contributed by atoms with E-state index in [1.165, 1.54) is 7.11 Å². The van der Waals surface area contributed by atoms with E-state index in [4.69, 9.17) is 4.74 Å². The normalized spacial score (nSPS) is 11.5. The van der Waals surface area contributed by atoms with Crippen LogP contribution in [0.3, 0.4) is 0 Å². The summed E-state index contributed by atoms with van der Waals surface area (Å²) in [5.74, 6) is -0.473. The van der Waals surface area contributed by atoms with Gasteiger partial charge in [-0.05, 0) is 24.3 Å². The van der Waals surface area contributed by atoms with E-state index in [9.17, 15) is 14.7 Å². The maximum atomic E-state index is 11.9. The lowest BCUT2D eigenvalue weighted by Crippen LogP contribution is -2.40. The van der Waals surface area contributed by atoms with Gasteiger partial charge in [-0.15, -0.1) is 0 Å². The molecule has 1 atom stereocenters. The van der Waals surface area contributed by atoms with Gasteiger partial charge in [-0.2, -0.15) is 0 Å². The quantitative estimate of drug-likeness (QED) is 0.646. The highest BCUT2D eigenvalue weighted by molar-refractivity contribution is 6.03. The van der Waals surface area contributed by atoms with Crippen LogP contribution < -0.4 is 10.1 Å². The SMILES string of the molecule is COc1ccc(C(=O)N[C@H](O)C(=O)c2ccccc2)cc1. The molecular weight excluding hydrogens is 270 g/mol. The molecule has 0 fully saturated rings. The molecule has 0 heterocycles. The Bertz CT molecular complexity index is 622. The first-order valence-electron chi connectivity index (χ1n) is 6.34. The van der Waals surface area contributed by atoms with Gasteiger partial charge in [0.2, 0.25) is 5.78 Å². The van der Waals surface area contributed by atoms with Crippen LogP contribution in [0.2, 0.25) is 0 Å². The van der Waals surface area contributed by atoms with Gasteiger partial charge in [0.05, 0.1) is 7.11 Å². The molecular formula is C16H15NO4. The fraction of sp³-hybridized carbons (Fsp3) is 0.125. The first kappa shape index (κ1) is 14.7. The van der Waals surface area contributed by atoms with E-state index in [0.717, 1.165) is 0 Å². The molecule has 0 aliphatic rings. The van der Waals surface area contributed by atoms with Crippen LogP contribution in [0.4, 0.5) is 0 Å². The summed E-state index contributed by atoms with van der Waals surface area (Å²) >= 11 is 0. The summed E-state index contributed by atoms with van der Waals surface area (Å²) in [5.41, 5.74) is 0.663. The third kappa shape index (κ3) is 3.67. The molecule has 0 saturated carbocycles. The molecule has 2 rings (SSSR count). The highest BCUT2D eigenvalue weighted by Gasteiger charge is 2.19. The van der Waals surface area contributed by atoms with Crippen LogP contribution in [0.5, 0.6) is 5.75 Å². The molecule has 5 nitrogen and oxygen atoms in total. The second-order valence-corrected chi connectivity index (χ2v) is 4.33. The van der Waals surface area contributed by atoms with Gasteiger partial charge in [-0.3, -0.25) is 9.59 Å². The zero-order valence-corrected chi connectivity index (χ0v) is 11.4. The largest absolute Gasteiger partial charge is 0.497 e. The van der Waals surface area contributed by atoms with Crippen molar-refractivity contribution in [3.05, 3.63) is 65.7 Å². The van der Waals surface area contributed by atoms with Gasteiger partial charge in [0.1, 0.15) is 5.75 Å². The molecule has 2 N–H and O–H groups in total. The summed E-state index contributed by atoms with van der Waals surface area (Å²) in [4.78, 5) is 23.9. The minimum Gasteiger partial charge on any atom is -0.497 e. The van der Waals surface area contributed by atoms with Crippen molar-refractivity contribution >= 4 is 11.7 Å². The molecule has 0 bridgehead atoms. The van der Waals surface area contributed by atoms with Crippen LogP contribution in [-0.2, 0) is 0 Å². The van der Waals surface area contributed by atoms with Crippen LogP contribution in [0, 0.1) is 0 Å². The minimum atomic E-state index is -1.58. The van der Waals surface area contributed by atoms with E-state index in [1.54, 1.807) is 54.6 Å². The lowest BCUT2D eigenvalue weighted by Gasteiger charge is -2.12. The highest BCUT2D eigenvalue weighted by atomic mass is 16.5. The Labute approximate surface area is 122 Å². The number of Topliss-reactive ketones (excluding diaryl/α,β-unsaturated/α-hetero) is 1. The minimum absolute atomic E-state index is 0.329. The number of methoxy groups -OCH3 is 1. The van der Waals surface area contributed by atoms with E-state index >= 15 is 0 Å². The first-order valence-corrected chi connectivity index (χ1v) is 6.34. The molecule has 108 valence electrons. The topological polar surface area (TPSA) is 75.6 Å². The number of benzene rings is 2. The predicted molar refractivity (Wildman–Crippen MR) is 77.2 cm³/mol. The van der Waals surface area contributed by atoms with Crippen molar-refractivity contribution in [3.63, 3.8) is 0 Å². The number of rotatable bonds is 5. The number of hydrogen-bond acceptors (Lipinski definition) is 4. The maximum absolute atomic E-state index is 11.9. The van der Waals surface area contributed by atoms with Gasteiger partial charge < -0.3 is 15.2 Å². The second kappa shape index (κ2) is 6.67. The summed E-state index contributed by atoms with van der Waals surface area (Å²) < 4.78 is 4.99. The van der Waals surface area contributed by atoms with Crippen LogP contribution in [0.1, 0.15) is 20.7 Å². The average molecular weight is 285 g/mol. The molecule has 0 unspecified atom stereocenters. The summed E-state index contributed by atoms with van der Waals surface area (Å²) in [5, 5.41) is 12.1. The smallest absolute Gasteiger partial charge is 0.253 e. The molecule has 0 spiro atoms. The van der Waals surface area contributed by atoms with Crippen molar-refractivity contribution in [2.45, 2.75) is 6.23 Å². The summed E-state index contributed by atoms with van der Waals surface area (Å²) in [7, 11) is 1.53. The van der Waals surface area contributed by atoms with E-state index in [0.29, 0.717) is 16.9 Å². The summed E-state index contributed by atoms with van der Waals surface area (Å²) in [6, 6.07) is 14.6. The maximum Gasteiger partial charge on any atom is 0.253 e. The Morgan fingerprint density at radius 2 is 1.62 bits per heavy atom. The molecule has 21 heavy (non-hydrogen) atoms. The molecule has 2 aromatic carbocycles. The van der Waals surface area contributed by atoms with Crippen molar-refractivity contribution in [2.24, 2.45) is 0 Å². The fourth-order valence-electron chi connectivity index (χ4n) is 1.78. The van der Waals surface area contributed by atoms with E-state index in [1.807, 2.05) is 0 Å². The van der Waals surface area contributed by atoms with Crippen molar-refractivity contribution in [1.29, 1.82) is 0 Å². The third-order valence-electron chi connectivity index (χ3n) is 2.93. The number of aliphatic hydroxyl groups excluding tert-OH is 1. The Kier molecular flexibility index (Phi) is 4.68. The number of ether oxygens (including phenoxy) is 1. The van der Waals surface area contributed by atoms with Gasteiger partial charge in [-0.25, -0.2) is 0 Å². The van der Waals surface area contributed by atoms with Gasteiger partial charge >= 0.3 is 0 Å². The number of aliphatic hydroxyl groups is 1. The average Bonchev–Trinajstić information content (AvgIpc) is 2.55. The molecule has 0 radical (unpaired) electrons. The first-order chi connectivity index (χ1) is 10.1. The molecule has 5 heteroatoms. The molecule has 0 aliphatic heterocycles. The second-order valence-electron chi connectivity index (χ2n) is 4.33. The molecule has 0 saturated heterocycles. The Hall–Kier alpha value is -2.66. The molecule has 0 aromatic heterocycles. The molecule has 2 aromatic rings. The van der Waals surface area contributed by atoms with Gasteiger partial charge in [0.15, 0.2) is 6.23 Å². The summed E-state index contributed by atoms with van der Waals surface area (Å²) in [6.45, 7) is 0. The third-order valence-corrected chi connectivity index (χ3v) is 2.93. The zero-order chi connectivity index (χ0) is 15.2. The van der Waals surface area contributed by atoms with Crippen LogP contribution in [0.25, 0.3) is 0 Å². The predicted octanol–water partition coefficient (Wildman–Crippen LogP) is 1.63. The standard InChI is InChI=1S/C16H15NO4/c1-21-13-9-7-12(8-10-13)15(19)17-16(20)14(18)11-5-3-2-4-6-11/h2-10,16,20H,1H3,(H,17,19)/t16-/m1/s1. The monoisotopic (exact) mass is 285 g/mol. The van der Waals surface area contributed by atoms with Gasteiger partial charge in [-0.1, -0.05) is 30.3 Å². The number of nitrogens with one attached hydrogen (secondary N) is 1. The Morgan fingerprint density at radius 3 is 2.19 bits per heavy atom. The van der Waals surface area contributed by atoms with Crippen LogP contribution in [0.15, 0.2) is 54.6 Å². The highest BCUT2D eigenvalue weighted by Crippen LogP contribution is 2.11. The Balaban J connectivity index is 2.03. The van der Waals surface area contributed by atoms with Gasteiger partial charge in [0.25, 0.3) is 5.91 Å². The fourth-order valence-corrected chi connectivity index (χ4v) is 1.78. The van der Waals surface area contributed by atoms with Crippen molar-refractivity contribution in [1.82, 2.24) is 5.32 Å². The van der Waals surface area contributed by atoms with Crippen LogP contribution in [-0.4, -0.2) is 30.1 Å². The lowest BCUT2D eigenvalue weighted by atomic mass is 10.1. The summed E-state index contributed by atoms with van der Waals surface area (Å²) in [6.07, 6.45) is -1.58. The van der Waals surface area contributed by atoms with E-state index < -0.39 is 17.9 Å². The number of ketones is 1. The molecule has 0 aliphatic carbocycles. The number of carbonyl (C=O) groups is 2.